The Kier molecular flexibility index (Phi) is 34.5. The first-order chi connectivity index (χ1) is 28.1. The summed E-state index contributed by atoms with van der Waals surface area (Å²) in [5.41, 5.74) is 0. The summed E-state index contributed by atoms with van der Waals surface area (Å²) in [6.07, 6.45) is 25.6. The number of carbonyl (C=O) groups excluding carboxylic acids is 1. The van der Waals surface area contributed by atoms with Crippen molar-refractivity contribution in [2.75, 3.05) is 13.2 Å². The minimum absolute atomic E-state index is 0.260. The summed E-state index contributed by atoms with van der Waals surface area (Å²) in [4.78, 5) is 13.1. The molecule has 1 fully saturated rings. The molecule has 0 aliphatic carbocycles. The summed E-state index contributed by atoms with van der Waals surface area (Å²) in [6, 6.07) is -1.17. The highest BCUT2D eigenvalue weighted by Crippen LogP contribution is 2.23. The molecule has 0 aromatic carbocycles. The summed E-state index contributed by atoms with van der Waals surface area (Å²) < 4.78 is 11.1. The van der Waals surface area contributed by atoms with Crippen molar-refractivity contribution in [1.82, 2.24) is 5.32 Å². The fourth-order valence-corrected chi connectivity index (χ4v) is 7.70. The van der Waals surface area contributed by atoms with Crippen LogP contribution >= 0.6 is 0 Å². The van der Waals surface area contributed by atoms with Gasteiger partial charge in [-0.25, -0.2) is 0 Å². The molecule has 1 saturated heterocycles. The molecule has 344 valence electrons. The van der Waals surface area contributed by atoms with Crippen molar-refractivity contribution in [1.29, 1.82) is 0 Å². The number of aliphatic hydroxyl groups is 7. The molecule has 1 amide bonds. The zero-order valence-corrected chi connectivity index (χ0v) is 37.2. The summed E-state index contributed by atoms with van der Waals surface area (Å²) in [6.45, 7) is 5.73. The molecule has 11 heteroatoms. The second-order valence-corrected chi connectivity index (χ2v) is 17.4. The van der Waals surface area contributed by atoms with Gasteiger partial charge in [0.05, 0.1) is 25.4 Å². The van der Waals surface area contributed by atoms with E-state index in [-0.39, 0.29) is 6.42 Å². The highest BCUT2D eigenvalue weighted by Gasteiger charge is 2.44. The number of hydrogen-bond donors (Lipinski definition) is 8. The van der Waals surface area contributed by atoms with E-state index in [9.17, 15) is 40.5 Å². The molecule has 0 radical (unpaired) electrons. The van der Waals surface area contributed by atoms with Crippen molar-refractivity contribution in [2.45, 2.75) is 262 Å². The number of amides is 1. The van der Waals surface area contributed by atoms with Crippen LogP contribution in [-0.2, 0) is 14.3 Å². The molecule has 0 aromatic heterocycles. The lowest BCUT2D eigenvalue weighted by atomic mass is 9.98. The Morgan fingerprint density at radius 3 is 1.60 bits per heavy atom. The first-order valence-corrected chi connectivity index (χ1v) is 24.0. The van der Waals surface area contributed by atoms with Gasteiger partial charge in [-0.05, 0) is 44.4 Å². The summed E-state index contributed by atoms with van der Waals surface area (Å²) >= 11 is 0. The van der Waals surface area contributed by atoms with Crippen LogP contribution in [0.1, 0.15) is 207 Å². The SMILES string of the molecule is CCCCCCCCC=CCCCCCCCCCCCCC(O)C(=O)NC(COC1OC(CO)C(O)C(O)C1O)C(O)C(O)CCCCCCCCCC(C)CC. The molecule has 0 aromatic rings. The van der Waals surface area contributed by atoms with E-state index in [4.69, 9.17) is 9.47 Å². The normalized spacial score (nSPS) is 22.6. The molecule has 1 aliphatic heterocycles. The van der Waals surface area contributed by atoms with E-state index in [1.165, 1.54) is 122 Å². The lowest BCUT2D eigenvalue weighted by Crippen LogP contribution is -2.60. The van der Waals surface area contributed by atoms with E-state index < -0.39 is 74.2 Å². The number of hydrogen-bond acceptors (Lipinski definition) is 10. The van der Waals surface area contributed by atoms with E-state index in [0.29, 0.717) is 19.3 Å². The summed E-state index contributed by atoms with van der Waals surface area (Å²) in [7, 11) is 0. The third-order valence-corrected chi connectivity index (χ3v) is 12.1. The molecule has 0 spiro atoms. The highest BCUT2D eigenvalue weighted by molar-refractivity contribution is 5.80. The van der Waals surface area contributed by atoms with Gasteiger partial charge in [0.25, 0.3) is 0 Å². The maximum atomic E-state index is 13.1. The smallest absolute Gasteiger partial charge is 0.249 e. The van der Waals surface area contributed by atoms with Gasteiger partial charge in [-0.1, -0.05) is 181 Å². The summed E-state index contributed by atoms with van der Waals surface area (Å²) in [5.74, 6) is 0.0784. The zero-order valence-electron chi connectivity index (χ0n) is 37.2. The summed E-state index contributed by atoms with van der Waals surface area (Å²) in [5, 5.41) is 75.6. The topological polar surface area (TPSA) is 189 Å². The monoisotopic (exact) mass is 830 g/mol. The largest absolute Gasteiger partial charge is 0.394 e. The molecule has 11 nitrogen and oxygen atoms in total. The van der Waals surface area contributed by atoms with Crippen LogP contribution in [0.15, 0.2) is 12.2 Å². The third-order valence-electron chi connectivity index (χ3n) is 12.1. The standard InChI is InChI=1S/C47H91NO10/c1-4-6-7-8-9-10-11-12-13-14-15-16-17-18-19-20-21-24-28-31-34-40(51)46(56)48-38(36-57-47-45(55)44(54)43(53)41(35-49)58-47)42(52)39(50)33-30-27-25-22-23-26-29-32-37(3)5-2/h12-13,37-45,47,49-55H,4-11,14-36H2,1-3H3,(H,48,56). The molecule has 10 atom stereocenters. The maximum Gasteiger partial charge on any atom is 0.249 e. The van der Waals surface area contributed by atoms with Crippen molar-refractivity contribution >= 4 is 5.91 Å². The average molecular weight is 830 g/mol. The second kappa shape index (κ2) is 36.5. The Hall–Kier alpha value is -1.15. The predicted octanol–water partition coefficient (Wildman–Crippen LogP) is 7.92. The van der Waals surface area contributed by atoms with E-state index in [2.05, 4.69) is 38.2 Å². The van der Waals surface area contributed by atoms with Crippen LogP contribution in [0.2, 0.25) is 0 Å². The van der Waals surface area contributed by atoms with Gasteiger partial charge >= 0.3 is 0 Å². The number of rotatable bonds is 39. The Morgan fingerprint density at radius 2 is 1.10 bits per heavy atom. The molecule has 0 bridgehead atoms. The number of aliphatic hydroxyl groups excluding tert-OH is 7. The van der Waals surface area contributed by atoms with Gasteiger partial charge < -0.3 is 50.5 Å². The Balaban J connectivity index is 2.40. The van der Waals surface area contributed by atoms with E-state index >= 15 is 0 Å². The molecule has 0 saturated carbocycles. The van der Waals surface area contributed by atoms with Crippen LogP contribution in [0.3, 0.4) is 0 Å². The lowest BCUT2D eigenvalue weighted by Gasteiger charge is -2.40. The van der Waals surface area contributed by atoms with Crippen molar-refractivity contribution in [2.24, 2.45) is 5.92 Å². The van der Waals surface area contributed by atoms with Crippen LogP contribution in [0.4, 0.5) is 0 Å². The van der Waals surface area contributed by atoms with Crippen molar-refractivity contribution in [3.8, 4) is 0 Å². The van der Waals surface area contributed by atoms with Crippen LogP contribution < -0.4 is 5.32 Å². The molecule has 1 heterocycles. The van der Waals surface area contributed by atoms with E-state index in [1.54, 1.807) is 0 Å². The molecule has 1 aliphatic rings. The molecule has 1 rings (SSSR count). The van der Waals surface area contributed by atoms with Gasteiger partial charge in [-0.2, -0.15) is 0 Å². The quantitative estimate of drug-likeness (QED) is 0.0223. The average Bonchev–Trinajstić information content (AvgIpc) is 3.22. The van der Waals surface area contributed by atoms with Crippen molar-refractivity contribution in [3.05, 3.63) is 12.2 Å². The Bertz CT molecular complexity index is 970. The second-order valence-electron chi connectivity index (χ2n) is 17.4. The number of carbonyl (C=O) groups is 1. The zero-order chi connectivity index (χ0) is 42.8. The number of ether oxygens (including phenoxy) is 2. The maximum absolute atomic E-state index is 13.1. The van der Waals surface area contributed by atoms with Crippen LogP contribution in [0.5, 0.6) is 0 Å². The molecule has 10 unspecified atom stereocenters. The number of unbranched alkanes of at least 4 members (excludes halogenated alkanes) is 22. The van der Waals surface area contributed by atoms with Crippen LogP contribution in [0.25, 0.3) is 0 Å². The van der Waals surface area contributed by atoms with E-state index in [1.807, 2.05) is 0 Å². The van der Waals surface area contributed by atoms with E-state index in [0.717, 1.165) is 44.4 Å². The molecule has 58 heavy (non-hydrogen) atoms. The van der Waals surface area contributed by atoms with Gasteiger partial charge in [0.15, 0.2) is 6.29 Å². The highest BCUT2D eigenvalue weighted by atomic mass is 16.7. The van der Waals surface area contributed by atoms with Gasteiger partial charge in [0, 0.05) is 0 Å². The van der Waals surface area contributed by atoms with Gasteiger partial charge in [-0.15, -0.1) is 0 Å². The number of nitrogens with one attached hydrogen (secondary N) is 1. The Morgan fingerprint density at radius 1 is 0.638 bits per heavy atom. The van der Waals surface area contributed by atoms with Gasteiger partial charge in [0.1, 0.15) is 36.6 Å². The lowest BCUT2D eigenvalue weighted by molar-refractivity contribution is -0.303. The Labute approximate surface area is 353 Å². The molecular formula is C47H91NO10. The van der Waals surface area contributed by atoms with Crippen LogP contribution in [0, 0.1) is 5.92 Å². The fraction of sp³-hybridized carbons (Fsp3) is 0.936. The third kappa shape index (κ3) is 26.2. The number of allylic oxidation sites excluding steroid dienone is 2. The minimum Gasteiger partial charge on any atom is -0.394 e. The molecular weight excluding hydrogens is 739 g/mol. The van der Waals surface area contributed by atoms with Crippen LogP contribution in [-0.4, -0.2) is 110 Å². The first-order valence-electron chi connectivity index (χ1n) is 24.0. The van der Waals surface area contributed by atoms with Gasteiger partial charge in [0.2, 0.25) is 5.91 Å². The minimum atomic E-state index is -1.66. The predicted molar refractivity (Wildman–Crippen MR) is 233 cm³/mol. The fourth-order valence-electron chi connectivity index (χ4n) is 7.70. The first kappa shape index (κ1) is 54.9. The molecule has 8 N–H and O–H groups in total. The van der Waals surface area contributed by atoms with Crippen molar-refractivity contribution in [3.63, 3.8) is 0 Å². The van der Waals surface area contributed by atoms with Crippen molar-refractivity contribution < 1.29 is 50.0 Å². The van der Waals surface area contributed by atoms with Gasteiger partial charge in [-0.3, -0.25) is 4.79 Å².